The molecule has 0 radical (unpaired) electrons. The molecule has 0 fully saturated rings. The van der Waals surface area contributed by atoms with Crippen molar-refractivity contribution >= 4 is 34.2 Å². The fraction of sp³-hybridized carbons (Fsp3) is 0.231. The highest BCUT2D eigenvalue weighted by molar-refractivity contribution is 7.98. The van der Waals surface area contributed by atoms with E-state index in [-0.39, 0.29) is 22.7 Å². The van der Waals surface area contributed by atoms with E-state index in [1.165, 1.54) is 41.5 Å². The molecular weight excluding hydrogens is 298 g/mol. The minimum atomic E-state index is -2.70. The second kappa shape index (κ2) is 5.03. The van der Waals surface area contributed by atoms with E-state index in [9.17, 15) is 13.6 Å². The van der Waals surface area contributed by atoms with E-state index in [1.807, 2.05) is 6.26 Å². The molecule has 0 aliphatic heterocycles. The van der Waals surface area contributed by atoms with Crippen LogP contribution in [0.3, 0.4) is 0 Å². The van der Waals surface area contributed by atoms with Crippen molar-refractivity contribution in [1.82, 2.24) is 19.4 Å². The quantitative estimate of drug-likeness (QED) is 0.422. The summed E-state index contributed by atoms with van der Waals surface area (Å²) in [5.74, 6) is -0.286. The number of nitrogens with zero attached hydrogens (tertiary/aromatic N) is 4. The Labute approximate surface area is 122 Å². The predicted octanol–water partition coefficient (Wildman–Crippen LogP) is 3.14. The minimum Gasteiger partial charge on any atom is -0.293 e. The van der Waals surface area contributed by atoms with Crippen molar-refractivity contribution in [3.8, 4) is 0 Å². The molecule has 0 saturated heterocycles. The first-order chi connectivity index (χ1) is 10.0. The van der Waals surface area contributed by atoms with Crippen molar-refractivity contribution in [1.29, 1.82) is 0 Å². The van der Waals surface area contributed by atoms with Gasteiger partial charge in [-0.2, -0.15) is 0 Å². The van der Waals surface area contributed by atoms with Gasteiger partial charge in [-0.25, -0.2) is 23.7 Å². The lowest BCUT2D eigenvalue weighted by atomic mass is 10.2. The summed E-state index contributed by atoms with van der Waals surface area (Å²) in [5, 5.41) is 0.995. The monoisotopic (exact) mass is 308 g/mol. The Balaban J connectivity index is 2.45. The molecule has 0 N–H and O–H groups in total. The van der Waals surface area contributed by atoms with Crippen molar-refractivity contribution in [3.63, 3.8) is 0 Å². The Kier molecular flexibility index (Phi) is 3.32. The molecule has 3 aromatic rings. The van der Waals surface area contributed by atoms with Gasteiger partial charge in [0.15, 0.2) is 10.9 Å². The maximum Gasteiger partial charge on any atom is 0.267 e. The SMILES string of the molecule is CSc1ncc2cc(C(F)F)c3nc(C(C)=O)cn3c2n1. The second-order valence-corrected chi connectivity index (χ2v) is 5.19. The number of hydrogen-bond donors (Lipinski definition) is 0. The average Bonchev–Trinajstić information content (AvgIpc) is 2.91. The maximum absolute atomic E-state index is 13.2. The molecule has 0 amide bonds. The van der Waals surface area contributed by atoms with Gasteiger partial charge in [0.2, 0.25) is 0 Å². The van der Waals surface area contributed by atoms with Gasteiger partial charge in [-0.3, -0.25) is 9.20 Å². The van der Waals surface area contributed by atoms with Crippen molar-refractivity contribution in [2.75, 3.05) is 6.26 Å². The molecule has 3 rings (SSSR count). The number of rotatable bonds is 3. The summed E-state index contributed by atoms with van der Waals surface area (Å²) < 4.78 is 27.8. The van der Waals surface area contributed by atoms with Crippen LogP contribution >= 0.6 is 11.8 Å². The summed E-state index contributed by atoms with van der Waals surface area (Å²) in [5.41, 5.74) is 0.395. The maximum atomic E-state index is 13.2. The molecule has 0 saturated carbocycles. The first-order valence-electron chi connectivity index (χ1n) is 6.03. The molecule has 0 unspecified atom stereocenters. The van der Waals surface area contributed by atoms with Crippen LogP contribution in [0.15, 0.2) is 23.6 Å². The number of imidazole rings is 1. The number of thioether (sulfide) groups is 1. The molecule has 108 valence electrons. The Morgan fingerprint density at radius 2 is 2.10 bits per heavy atom. The van der Waals surface area contributed by atoms with Crippen LogP contribution in [0.5, 0.6) is 0 Å². The van der Waals surface area contributed by atoms with E-state index in [0.29, 0.717) is 16.2 Å². The normalized spacial score (nSPS) is 11.7. The molecule has 21 heavy (non-hydrogen) atoms. The molecular formula is C13H10F2N4OS. The number of carbonyl (C=O) groups excluding carboxylic acids is 1. The number of aromatic nitrogens is 4. The third-order valence-corrected chi connectivity index (χ3v) is 3.62. The predicted molar refractivity (Wildman–Crippen MR) is 75.0 cm³/mol. The number of fused-ring (bicyclic) bond motifs is 3. The van der Waals surface area contributed by atoms with Gasteiger partial charge in [-0.1, -0.05) is 11.8 Å². The van der Waals surface area contributed by atoms with E-state index in [1.54, 1.807) is 0 Å². The second-order valence-electron chi connectivity index (χ2n) is 4.41. The third-order valence-electron chi connectivity index (χ3n) is 3.06. The number of Topliss-reactive ketones (excluding diaryl/α,β-unsaturated/α-hetero) is 1. The van der Waals surface area contributed by atoms with Gasteiger partial charge < -0.3 is 0 Å². The van der Waals surface area contributed by atoms with Crippen molar-refractivity contribution in [2.24, 2.45) is 0 Å². The van der Waals surface area contributed by atoms with Crippen LogP contribution in [0.1, 0.15) is 29.4 Å². The Morgan fingerprint density at radius 3 is 2.71 bits per heavy atom. The lowest BCUT2D eigenvalue weighted by Gasteiger charge is -2.07. The largest absolute Gasteiger partial charge is 0.293 e. The molecule has 0 spiro atoms. The van der Waals surface area contributed by atoms with Crippen LogP contribution in [-0.4, -0.2) is 31.4 Å². The van der Waals surface area contributed by atoms with Gasteiger partial charge in [0.25, 0.3) is 6.43 Å². The van der Waals surface area contributed by atoms with Gasteiger partial charge in [-0.05, 0) is 12.3 Å². The summed E-state index contributed by atoms with van der Waals surface area (Å²) in [7, 11) is 0. The van der Waals surface area contributed by atoms with Gasteiger partial charge in [0.1, 0.15) is 17.0 Å². The van der Waals surface area contributed by atoms with Crippen LogP contribution in [0.25, 0.3) is 16.7 Å². The molecule has 0 atom stereocenters. The first kappa shape index (κ1) is 13.9. The average molecular weight is 308 g/mol. The van der Waals surface area contributed by atoms with Crippen molar-refractivity contribution in [2.45, 2.75) is 18.5 Å². The van der Waals surface area contributed by atoms with Crippen LogP contribution in [0.4, 0.5) is 8.78 Å². The summed E-state index contributed by atoms with van der Waals surface area (Å²) in [4.78, 5) is 23.9. The summed E-state index contributed by atoms with van der Waals surface area (Å²) >= 11 is 1.34. The molecule has 5 nitrogen and oxygen atoms in total. The fourth-order valence-corrected chi connectivity index (χ4v) is 2.40. The van der Waals surface area contributed by atoms with Crippen LogP contribution in [0, 0.1) is 0 Å². The van der Waals surface area contributed by atoms with Crippen molar-refractivity contribution < 1.29 is 13.6 Å². The summed E-state index contributed by atoms with van der Waals surface area (Å²) in [6.07, 6.45) is 2.05. The van der Waals surface area contributed by atoms with E-state index in [0.717, 1.165) is 0 Å². The molecule has 8 heteroatoms. The van der Waals surface area contributed by atoms with Gasteiger partial charge >= 0.3 is 0 Å². The third kappa shape index (κ3) is 2.25. The number of hydrogen-bond acceptors (Lipinski definition) is 5. The minimum absolute atomic E-state index is 0.0495. The van der Waals surface area contributed by atoms with Crippen LogP contribution in [-0.2, 0) is 0 Å². The lowest BCUT2D eigenvalue weighted by Crippen LogP contribution is -1.98. The number of pyridine rings is 1. The standard InChI is InChI=1S/C13H10F2N4OS/c1-6(20)9-5-19-11-7(4-16-13(18-11)21-2)3-8(10(14)15)12(19)17-9/h3-5,10H,1-2H3. The van der Waals surface area contributed by atoms with Gasteiger partial charge in [0.05, 0.1) is 5.56 Å². The number of ketones is 1. The molecule has 0 aromatic carbocycles. The fourth-order valence-electron chi connectivity index (χ4n) is 2.07. The van der Waals surface area contributed by atoms with Crippen LogP contribution in [0.2, 0.25) is 0 Å². The topological polar surface area (TPSA) is 60.2 Å². The van der Waals surface area contributed by atoms with Gasteiger partial charge in [-0.15, -0.1) is 0 Å². The zero-order valence-corrected chi connectivity index (χ0v) is 12.0. The highest BCUT2D eigenvalue weighted by Crippen LogP contribution is 2.28. The summed E-state index contributed by atoms with van der Waals surface area (Å²) in [6, 6.07) is 1.32. The Hall–Kier alpha value is -2.09. The van der Waals surface area contributed by atoms with Crippen molar-refractivity contribution in [3.05, 3.63) is 29.7 Å². The van der Waals surface area contributed by atoms with Crippen LogP contribution < -0.4 is 0 Å². The summed E-state index contributed by atoms with van der Waals surface area (Å²) in [6.45, 7) is 1.34. The van der Waals surface area contributed by atoms with E-state index in [4.69, 9.17) is 0 Å². The zero-order chi connectivity index (χ0) is 15.1. The zero-order valence-electron chi connectivity index (χ0n) is 11.2. The molecule has 3 aromatic heterocycles. The van der Waals surface area contributed by atoms with E-state index in [2.05, 4.69) is 15.0 Å². The molecule has 0 bridgehead atoms. The van der Waals surface area contributed by atoms with Gasteiger partial charge in [0, 0.05) is 24.7 Å². The first-order valence-corrected chi connectivity index (χ1v) is 7.25. The molecule has 0 aliphatic rings. The lowest BCUT2D eigenvalue weighted by molar-refractivity contribution is 0.101. The Morgan fingerprint density at radius 1 is 1.33 bits per heavy atom. The number of halogens is 2. The number of alkyl halides is 2. The number of carbonyl (C=O) groups is 1. The molecule has 3 heterocycles. The molecule has 0 aliphatic carbocycles. The van der Waals surface area contributed by atoms with E-state index >= 15 is 0 Å². The Bertz CT molecular complexity index is 862. The van der Waals surface area contributed by atoms with E-state index < -0.39 is 6.43 Å². The highest BCUT2D eigenvalue weighted by atomic mass is 32.2. The smallest absolute Gasteiger partial charge is 0.267 e. The highest BCUT2D eigenvalue weighted by Gasteiger charge is 2.19.